The van der Waals surface area contributed by atoms with Crippen LogP contribution in [0.4, 0.5) is 0 Å². The fourth-order valence-electron chi connectivity index (χ4n) is 2.69. The fourth-order valence-corrected chi connectivity index (χ4v) is 3.36. The summed E-state index contributed by atoms with van der Waals surface area (Å²) in [5.74, 6) is -0.473. The lowest BCUT2D eigenvalue weighted by Crippen LogP contribution is -2.43. The molecule has 2 aliphatic rings. The van der Waals surface area contributed by atoms with Crippen molar-refractivity contribution in [2.45, 2.75) is 31.3 Å². The number of likely N-dealkylation sites (tertiary alicyclic amines) is 1. The quantitative estimate of drug-likeness (QED) is 0.882. The molecule has 17 heavy (non-hydrogen) atoms. The lowest BCUT2D eigenvalue weighted by atomic mass is 10.1. The second kappa shape index (κ2) is 3.84. The average Bonchev–Trinajstić information content (AvgIpc) is 2.75. The van der Waals surface area contributed by atoms with Crippen molar-refractivity contribution in [3.8, 4) is 0 Å². The molecule has 1 aromatic heterocycles. The van der Waals surface area contributed by atoms with Crippen LogP contribution in [0.5, 0.6) is 0 Å². The molecule has 0 aromatic carbocycles. The molecule has 3 rings (SSSR count). The van der Waals surface area contributed by atoms with Crippen LogP contribution in [0.1, 0.15) is 18.4 Å². The van der Waals surface area contributed by atoms with Crippen molar-refractivity contribution >= 4 is 23.2 Å². The summed E-state index contributed by atoms with van der Waals surface area (Å²) < 4.78 is 0. The van der Waals surface area contributed by atoms with Gasteiger partial charge < -0.3 is 10.0 Å². The number of fused-ring (bicyclic) bond motifs is 1. The monoisotopic (exact) mass is 251 g/mol. The van der Waals surface area contributed by atoms with Gasteiger partial charge in [-0.15, -0.1) is 0 Å². The molecule has 2 heterocycles. The summed E-state index contributed by atoms with van der Waals surface area (Å²) in [4.78, 5) is 24.8. The van der Waals surface area contributed by atoms with E-state index < -0.39 is 12.0 Å². The largest absolute Gasteiger partial charge is 0.480 e. The van der Waals surface area contributed by atoms with Gasteiger partial charge in [0.25, 0.3) is 0 Å². The predicted molar refractivity (Wildman–Crippen MR) is 62.8 cm³/mol. The van der Waals surface area contributed by atoms with E-state index in [4.69, 9.17) is 5.11 Å². The van der Waals surface area contributed by atoms with Crippen molar-refractivity contribution in [3.63, 3.8) is 0 Å². The van der Waals surface area contributed by atoms with Gasteiger partial charge in [-0.1, -0.05) is 0 Å². The Kier molecular flexibility index (Phi) is 2.43. The third-order valence-corrected chi connectivity index (χ3v) is 4.34. The molecule has 0 radical (unpaired) electrons. The number of rotatable bonds is 3. The minimum Gasteiger partial charge on any atom is -0.480 e. The zero-order valence-electron chi connectivity index (χ0n) is 9.20. The molecule has 1 aliphatic heterocycles. The van der Waals surface area contributed by atoms with Gasteiger partial charge in [0, 0.05) is 6.04 Å². The van der Waals surface area contributed by atoms with Crippen LogP contribution in [0.15, 0.2) is 16.8 Å². The maximum absolute atomic E-state index is 12.1. The number of carboxylic acid groups (broad SMARTS) is 1. The Morgan fingerprint density at radius 3 is 2.94 bits per heavy atom. The molecule has 0 bridgehead atoms. The molecule has 1 saturated carbocycles. The van der Waals surface area contributed by atoms with E-state index in [-0.39, 0.29) is 11.9 Å². The number of carbonyl (C=O) groups is 2. The Balaban J connectivity index is 1.74. The number of hydrogen-bond acceptors (Lipinski definition) is 3. The summed E-state index contributed by atoms with van der Waals surface area (Å²) in [6.07, 6.45) is 1.95. The third kappa shape index (κ3) is 1.84. The van der Waals surface area contributed by atoms with Gasteiger partial charge >= 0.3 is 5.97 Å². The van der Waals surface area contributed by atoms with Crippen molar-refractivity contribution in [3.05, 3.63) is 22.4 Å². The summed E-state index contributed by atoms with van der Waals surface area (Å²) in [6.45, 7) is 0. The molecule has 1 saturated heterocycles. The normalized spacial score (nSPS) is 30.1. The van der Waals surface area contributed by atoms with Gasteiger partial charge in [-0.2, -0.15) is 11.3 Å². The van der Waals surface area contributed by atoms with E-state index in [9.17, 15) is 9.59 Å². The van der Waals surface area contributed by atoms with Crippen molar-refractivity contribution in [1.29, 1.82) is 0 Å². The number of amides is 1. The van der Waals surface area contributed by atoms with Crippen molar-refractivity contribution in [2.24, 2.45) is 5.92 Å². The highest BCUT2D eigenvalue weighted by atomic mass is 32.1. The van der Waals surface area contributed by atoms with E-state index in [1.54, 1.807) is 16.2 Å². The van der Waals surface area contributed by atoms with E-state index in [0.29, 0.717) is 18.8 Å². The first-order chi connectivity index (χ1) is 8.16. The minimum absolute atomic E-state index is 0.0409. The van der Waals surface area contributed by atoms with Crippen molar-refractivity contribution in [1.82, 2.24) is 4.90 Å². The highest BCUT2D eigenvalue weighted by Gasteiger charge is 2.55. The molecule has 1 aliphatic carbocycles. The molecule has 90 valence electrons. The Morgan fingerprint density at radius 1 is 1.47 bits per heavy atom. The molecule has 1 amide bonds. The number of carbonyl (C=O) groups excluding carboxylic acids is 1. The van der Waals surface area contributed by atoms with Crippen LogP contribution in [0.3, 0.4) is 0 Å². The standard InChI is InChI=1S/C12H13NO3S/c14-11(3-7-1-2-17-6-7)13-9-4-8(9)5-10(13)12(15)16/h1-2,6,8-10H,3-5H2,(H,15,16)/t8-,9-,10-/m0/s1. The maximum atomic E-state index is 12.1. The molecule has 0 spiro atoms. The van der Waals surface area contributed by atoms with Gasteiger partial charge in [0.2, 0.25) is 5.91 Å². The highest BCUT2D eigenvalue weighted by Crippen LogP contribution is 2.48. The van der Waals surface area contributed by atoms with Gasteiger partial charge in [0.05, 0.1) is 6.42 Å². The second-order valence-corrected chi connectivity index (χ2v) is 5.54. The minimum atomic E-state index is -0.865. The number of hydrogen-bond donors (Lipinski definition) is 1. The molecule has 2 fully saturated rings. The van der Waals surface area contributed by atoms with Gasteiger partial charge in [-0.05, 0) is 41.1 Å². The molecule has 1 aromatic rings. The number of carboxylic acids is 1. The maximum Gasteiger partial charge on any atom is 0.326 e. The highest BCUT2D eigenvalue weighted by molar-refractivity contribution is 7.07. The summed E-state index contributed by atoms with van der Waals surface area (Å²) in [5, 5.41) is 13.0. The smallest absolute Gasteiger partial charge is 0.326 e. The third-order valence-electron chi connectivity index (χ3n) is 3.61. The Bertz CT molecular complexity index is 456. The van der Waals surface area contributed by atoms with E-state index >= 15 is 0 Å². The number of aliphatic carboxylic acids is 1. The Morgan fingerprint density at radius 2 is 2.29 bits per heavy atom. The van der Waals surface area contributed by atoms with Gasteiger partial charge in [-0.3, -0.25) is 4.79 Å². The first-order valence-electron chi connectivity index (χ1n) is 5.72. The van der Waals surface area contributed by atoms with Crippen molar-refractivity contribution in [2.75, 3.05) is 0 Å². The molecule has 1 N–H and O–H groups in total. The van der Waals surface area contributed by atoms with Crippen LogP contribution < -0.4 is 0 Å². The van der Waals surface area contributed by atoms with Crippen LogP contribution in [-0.2, 0) is 16.0 Å². The van der Waals surface area contributed by atoms with Crippen molar-refractivity contribution < 1.29 is 14.7 Å². The number of piperidine rings is 1. The zero-order valence-corrected chi connectivity index (χ0v) is 10.0. The topological polar surface area (TPSA) is 57.6 Å². The van der Waals surface area contributed by atoms with Crippen LogP contribution in [0.2, 0.25) is 0 Å². The van der Waals surface area contributed by atoms with Crippen LogP contribution in [0.25, 0.3) is 0 Å². The van der Waals surface area contributed by atoms with Gasteiger partial charge in [0.1, 0.15) is 6.04 Å². The summed E-state index contributed by atoms with van der Waals surface area (Å²) in [6, 6.07) is 1.52. The lowest BCUT2D eigenvalue weighted by Gasteiger charge is -2.24. The summed E-state index contributed by atoms with van der Waals surface area (Å²) in [5.41, 5.74) is 0.980. The van der Waals surface area contributed by atoms with E-state index in [0.717, 1.165) is 12.0 Å². The van der Waals surface area contributed by atoms with Gasteiger partial charge in [-0.25, -0.2) is 4.79 Å². The van der Waals surface area contributed by atoms with Crippen LogP contribution >= 0.6 is 11.3 Å². The van der Waals surface area contributed by atoms with Crippen LogP contribution in [0, 0.1) is 5.92 Å². The lowest BCUT2D eigenvalue weighted by molar-refractivity contribution is -0.149. The van der Waals surface area contributed by atoms with Gasteiger partial charge in [0.15, 0.2) is 0 Å². The van der Waals surface area contributed by atoms with E-state index in [2.05, 4.69) is 0 Å². The summed E-state index contributed by atoms with van der Waals surface area (Å²) in [7, 11) is 0. The first kappa shape index (κ1) is 10.8. The van der Waals surface area contributed by atoms with Crippen LogP contribution in [-0.4, -0.2) is 34.0 Å². The van der Waals surface area contributed by atoms with E-state index in [1.165, 1.54) is 0 Å². The zero-order chi connectivity index (χ0) is 12.0. The fraction of sp³-hybridized carbons (Fsp3) is 0.500. The molecule has 5 heteroatoms. The number of nitrogens with zero attached hydrogens (tertiary/aromatic N) is 1. The molecule has 4 nitrogen and oxygen atoms in total. The van der Waals surface area contributed by atoms with E-state index in [1.807, 2.05) is 16.8 Å². The first-order valence-corrected chi connectivity index (χ1v) is 6.66. The summed E-state index contributed by atoms with van der Waals surface area (Å²) >= 11 is 1.56. The molecular formula is C12H13NO3S. The average molecular weight is 251 g/mol. The predicted octanol–water partition coefficient (Wildman–Crippen LogP) is 1.36. The molecule has 3 atom stereocenters. The SMILES string of the molecule is O=C(O)[C@@H]1C[C@@H]2C[C@@H]2N1C(=O)Cc1ccsc1. The molecular weight excluding hydrogens is 238 g/mol. The second-order valence-electron chi connectivity index (χ2n) is 4.76. The molecule has 0 unspecified atom stereocenters. The number of thiophene rings is 1. The Hall–Kier alpha value is -1.36. The Labute approximate surface area is 103 Å².